The summed E-state index contributed by atoms with van der Waals surface area (Å²) < 4.78 is 0. The number of carbonyl (C=O) groups excluding carboxylic acids is 1. The molecule has 0 aliphatic rings. The Bertz CT molecular complexity index is 652. The standard InChI is InChI=1S/C14H14N2O3/c1-8-5-6-11(10-4-3-7-15-12(8)10)16-13(17)9(2)14(18)19/h3-7,9H,1-2H3,(H,16,17)(H,18,19). The summed E-state index contributed by atoms with van der Waals surface area (Å²) in [7, 11) is 0. The Morgan fingerprint density at radius 3 is 2.74 bits per heavy atom. The van der Waals surface area contributed by atoms with E-state index in [-0.39, 0.29) is 0 Å². The predicted octanol–water partition coefficient (Wildman–Crippen LogP) is 2.20. The van der Waals surface area contributed by atoms with Crippen LogP contribution in [0.4, 0.5) is 5.69 Å². The first-order chi connectivity index (χ1) is 9.00. The molecule has 1 unspecified atom stereocenters. The first-order valence-electron chi connectivity index (χ1n) is 5.88. The van der Waals surface area contributed by atoms with E-state index in [2.05, 4.69) is 10.3 Å². The molecule has 2 rings (SSSR count). The van der Waals surface area contributed by atoms with Crippen molar-refractivity contribution >= 4 is 28.5 Å². The van der Waals surface area contributed by atoms with Gasteiger partial charge in [-0.15, -0.1) is 0 Å². The van der Waals surface area contributed by atoms with E-state index in [9.17, 15) is 9.59 Å². The zero-order valence-electron chi connectivity index (χ0n) is 10.7. The van der Waals surface area contributed by atoms with Crippen molar-refractivity contribution in [2.75, 3.05) is 5.32 Å². The van der Waals surface area contributed by atoms with E-state index in [0.717, 1.165) is 16.5 Å². The Balaban J connectivity index is 2.39. The Morgan fingerprint density at radius 2 is 2.05 bits per heavy atom. The number of benzene rings is 1. The highest BCUT2D eigenvalue weighted by molar-refractivity contribution is 6.08. The molecule has 0 radical (unpaired) electrons. The largest absolute Gasteiger partial charge is 0.481 e. The van der Waals surface area contributed by atoms with E-state index in [1.54, 1.807) is 18.3 Å². The second kappa shape index (κ2) is 5.06. The Morgan fingerprint density at radius 1 is 1.32 bits per heavy atom. The van der Waals surface area contributed by atoms with Crippen LogP contribution in [0, 0.1) is 12.8 Å². The number of carboxylic acids is 1. The zero-order chi connectivity index (χ0) is 14.0. The van der Waals surface area contributed by atoms with Crippen molar-refractivity contribution in [2.24, 2.45) is 5.92 Å². The molecule has 5 heteroatoms. The number of aryl methyl sites for hydroxylation is 1. The Labute approximate surface area is 110 Å². The van der Waals surface area contributed by atoms with Gasteiger partial charge in [-0.2, -0.15) is 0 Å². The lowest BCUT2D eigenvalue weighted by atomic mass is 10.1. The molecular weight excluding hydrogens is 244 g/mol. The van der Waals surface area contributed by atoms with Gasteiger partial charge in [0.05, 0.1) is 11.2 Å². The van der Waals surface area contributed by atoms with Crippen molar-refractivity contribution in [1.82, 2.24) is 4.98 Å². The molecule has 0 fully saturated rings. The quantitative estimate of drug-likeness (QED) is 0.827. The number of anilines is 1. The number of nitrogens with zero attached hydrogens (tertiary/aromatic N) is 1. The molecule has 1 heterocycles. The third-order valence-corrected chi connectivity index (χ3v) is 2.99. The molecule has 1 aromatic heterocycles. The number of carbonyl (C=O) groups is 2. The number of amides is 1. The first-order valence-corrected chi connectivity index (χ1v) is 5.88. The molecule has 1 aromatic carbocycles. The molecule has 19 heavy (non-hydrogen) atoms. The van der Waals surface area contributed by atoms with E-state index in [4.69, 9.17) is 5.11 Å². The molecule has 0 bridgehead atoms. The van der Waals surface area contributed by atoms with Crippen molar-refractivity contribution in [1.29, 1.82) is 0 Å². The van der Waals surface area contributed by atoms with E-state index < -0.39 is 17.8 Å². The van der Waals surface area contributed by atoms with Crippen molar-refractivity contribution < 1.29 is 14.7 Å². The van der Waals surface area contributed by atoms with Gasteiger partial charge in [-0.1, -0.05) is 6.07 Å². The number of fused-ring (bicyclic) bond motifs is 1. The molecule has 2 aromatic rings. The van der Waals surface area contributed by atoms with Crippen molar-refractivity contribution in [3.05, 3.63) is 36.0 Å². The molecule has 0 saturated heterocycles. The molecule has 0 aliphatic heterocycles. The second-order valence-electron chi connectivity index (χ2n) is 4.38. The molecular formula is C14H14N2O3. The molecule has 0 spiro atoms. The Kier molecular flexibility index (Phi) is 3.46. The van der Waals surface area contributed by atoms with Gasteiger partial charge in [0.15, 0.2) is 0 Å². The predicted molar refractivity (Wildman–Crippen MR) is 71.9 cm³/mol. The minimum absolute atomic E-state index is 0.540. The summed E-state index contributed by atoms with van der Waals surface area (Å²) in [6, 6.07) is 7.22. The van der Waals surface area contributed by atoms with Crippen LogP contribution in [-0.4, -0.2) is 22.0 Å². The number of hydrogen-bond donors (Lipinski definition) is 2. The molecule has 1 atom stereocenters. The van der Waals surface area contributed by atoms with Crippen molar-refractivity contribution in [3.63, 3.8) is 0 Å². The highest BCUT2D eigenvalue weighted by atomic mass is 16.4. The van der Waals surface area contributed by atoms with Crippen LogP contribution in [0.15, 0.2) is 30.5 Å². The number of hydrogen-bond acceptors (Lipinski definition) is 3. The topological polar surface area (TPSA) is 79.3 Å². The third kappa shape index (κ3) is 2.54. The molecule has 1 amide bonds. The average molecular weight is 258 g/mol. The second-order valence-corrected chi connectivity index (χ2v) is 4.38. The number of aromatic nitrogens is 1. The first kappa shape index (κ1) is 13.0. The smallest absolute Gasteiger partial charge is 0.315 e. The van der Waals surface area contributed by atoms with Crippen LogP contribution in [0.3, 0.4) is 0 Å². The SMILES string of the molecule is Cc1ccc(NC(=O)C(C)C(=O)O)c2cccnc12. The monoisotopic (exact) mass is 258 g/mol. The summed E-state index contributed by atoms with van der Waals surface area (Å²) in [5, 5.41) is 12.2. The van der Waals surface area contributed by atoms with Crippen LogP contribution < -0.4 is 5.32 Å². The van der Waals surface area contributed by atoms with E-state index in [1.165, 1.54) is 6.92 Å². The fourth-order valence-electron chi connectivity index (χ4n) is 1.78. The molecule has 0 aliphatic carbocycles. The maximum atomic E-state index is 11.8. The van der Waals surface area contributed by atoms with E-state index in [0.29, 0.717) is 5.69 Å². The summed E-state index contributed by atoms with van der Waals surface area (Å²) in [6.45, 7) is 3.28. The number of pyridine rings is 1. The van der Waals surface area contributed by atoms with E-state index >= 15 is 0 Å². The van der Waals surface area contributed by atoms with Crippen LogP contribution in [-0.2, 0) is 9.59 Å². The number of nitrogens with one attached hydrogen (secondary N) is 1. The number of rotatable bonds is 3. The highest BCUT2D eigenvalue weighted by Gasteiger charge is 2.21. The summed E-state index contributed by atoms with van der Waals surface area (Å²) in [5.41, 5.74) is 2.37. The van der Waals surface area contributed by atoms with Crippen molar-refractivity contribution in [2.45, 2.75) is 13.8 Å². The molecule has 5 nitrogen and oxygen atoms in total. The molecule has 0 saturated carbocycles. The average Bonchev–Trinajstić information content (AvgIpc) is 2.41. The maximum absolute atomic E-state index is 11.8. The van der Waals surface area contributed by atoms with Gasteiger partial charge in [0, 0.05) is 11.6 Å². The fraction of sp³-hybridized carbons (Fsp3) is 0.214. The number of carboxylic acid groups (broad SMARTS) is 1. The van der Waals surface area contributed by atoms with Gasteiger partial charge in [0.25, 0.3) is 0 Å². The summed E-state index contributed by atoms with van der Waals surface area (Å²) in [6.07, 6.45) is 1.68. The normalized spacial score (nSPS) is 12.1. The molecule has 98 valence electrons. The van der Waals surface area contributed by atoms with Crippen LogP contribution in [0.25, 0.3) is 10.9 Å². The highest BCUT2D eigenvalue weighted by Crippen LogP contribution is 2.24. The minimum Gasteiger partial charge on any atom is -0.481 e. The van der Waals surface area contributed by atoms with Gasteiger partial charge in [-0.3, -0.25) is 14.6 Å². The van der Waals surface area contributed by atoms with Crippen LogP contribution in [0.2, 0.25) is 0 Å². The summed E-state index contributed by atoms with van der Waals surface area (Å²) in [5.74, 6) is -2.78. The van der Waals surface area contributed by atoms with Gasteiger partial charge in [-0.25, -0.2) is 0 Å². The van der Waals surface area contributed by atoms with Crippen LogP contribution >= 0.6 is 0 Å². The fourth-order valence-corrected chi connectivity index (χ4v) is 1.78. The van der Waals surface area contributed by atoms with Gasteiger partial charge in [0.1, 0.15) is 5.92 Å². The van der Waals surface area contributed by atoms with E-state index in [1.807, 2.05) is 19.1 Å². The zero-order valence-corrected chi connectivity index (χ0v) is 10.7. The third-order valence-electron chi connectivity index (χ3n) is 2.99. The maximum Gasteiger partial charge on any atom is 0.315 e. The summed E-state index contributed by atoms with van der Waals surface area (Å²) >= 11 is 0. The van der Waals surface area contributed by atoms with Crippen LogP contribution in [0.1, 0.15) is 12.5 Å². The van der Waals surface area contributed by atoms with Crippen molar-refractivity contribution in [3.8, 4) is 0 Å². The van der Waals surface area contributed by atoms with Gasteiger partial charge in [0.2, 0.25) is 5.91 Å². The van der Waals surface area contributed by atoms with Gasteiger partial charge >= 0.3 is 5.97 Å². The summed E-state index contributed by atoms with van der Waals surface area (Å²) in [4.78, 5) is 26.8. The van der Waals surface area contributed by atoms with Gasteiger partial charge in [-0.05, 0) is 37.6 Å². The van der Waals surface area contributed by atoms with Crippen LogP contribution in [0.5, 0.6) is 0 Å². The lowest BCUT2D eigenvalue weighted by Crippen LogP contribution is -2.26. The lowest BCUT2D eigenvalue weighted by Gasteiger charge is -2.11. The van der Waals surface area contributed by atoms with Gasteiger partial charge < -0.3 is 10.4 Å². The number of aliphatic carboxylic acids is 1. The lowest BCUT2D eigenvalue weighted by molar-refractivity contribution is -0.144. The Hall–Kier alpha value is -2.43. The molecule has 2 N–H and O–H groups in total. The minimum atomic E-state index is -1.15.